The lowest BCUT2D eigenvalue weighted by Gasteiger charge is -2.43. The lowest BCUT2D eigenvalue weighted by molar-refractivity contribution is -0.0439. The van der Waals surface area contributed by atoms with E-state index in [1.165, 1.54) is 97.0 Å². The number of ether oxygens (including phenoxy) is 3. The first-order chi connectivity index (χ1) is 18.9. The van der Waals surface area contributed by atoms with Gasteiger partial charge in [-0.1, -0.05) is 26.5 Å². The molecule has 39 heavy (non-hydrogen) atoms. The van der Waals surface area contributed by atoms with Gasteiger partial charge in [-0.15, -0.1) is 0 Å². The molecule has 0 aromatic carbocycles. The van der Waals surface area contributed by atoms with Crippen molar-refractivity contribution in [1.82, 2.24) is 0 Å². The van der Waals surface area contributed by atoms with Crippen LogP contribution in [0.3, 0.4) is 0 Å². The van der Waals surface area contributed by atoms with Crippen LogP contribution in [-0.2, 0) is 14.2 Å². The molecule has 4 aliphatic rings. The average molecular weight is 549 g/mol. The van der Waals surface area contributed by atoms with Gasteiger partial charge in [0.05, 0.1) is 26.4 Å². The summed E-state index contributed by atoms with van der Waals surface area (Å²) in [6.45, 7) is 10.6. The molecule has 0 radical (unpaired) electrons. The average Bonchev–Trinajstić information content (AvgIpc) is 2.99. The second-order valence-corrected chi connectivity index (χ2v) is 13.2. The molecule has 3 aliphatic carbocycles. The van der Waals surface area contributed by atoms with E-state index in [1.807, 2.05) is 0 Å². The van der Waals surface area contributed by atoms with Crippen molar-refractivity contribution in [2.45, 2.75) is 116 Å². The fourth-order valence-corrected chi connectivity index (χ4v) is 8.37. The minimum absolute atomic E-state index is 0.270. The molecule has 2 atom stereocenters. The maximum Gasteiger partial charge on any atom is 0.203 e. The van der Waals surface area contributed by atoms with Crippen molar-refractivity contribution in [2.24, 2.45) is 41.4 Å². The van der Waals surface area contributed by atoms with Crippen LogP contribution in [0.4, 0.5) is 8.78 Å². The number of halogens is 2. The van der Waals surface area contributed by atoms with Crippen molar-refractivity contribution in [3.8, 4) is 0 Å². The molecule has 0 aromatic heterocycles. The molecule has 4 rings (SSSR count). The van der Waals surface area contributed by atoms with Gasteiger partial charge in [0, 0.05) is 0 Å². The molecule has 5 heteroatoms. The van der Waals surface area contributed by atoms with E-state index in [9.17, 15) is 8.78 Å². The Bertz CT molecular complexity index is 806. The van der Waals surface area contributed by atoms with Crippen LogP contribution in [0.5, 0.6) is 0 Å². The van der Waals surface area contributed by atoms with Crippen LogP contribution in [0, 0.1) is 41.4 Å². The fraction of sp³-hybridized carbons (Fsp3) is 0.824. The molecular formula is C34H54F2O3. The van der Waals surface area contributed by atoms with E-state index in [2.05, 4.69) is 24.8 Å². The predicted molar refractivity (Wildman–Crippen MR) is 154 cm³/mol. The summed E-state index contributed by atoms with van der Waals surface area (Å²) in [6.07, 6.45) is 21.8. The quantitative estimate of drug-likeness (QED) is 0.190. The van der Waals surface area contributed by atoms with Crippen LogP contribution >= 0.6 is 0 Å². The SMILES string of the molecule is C=C(OC)/C(F)=C(/F)C(=C)OCC1CCC(C2CCC(C3CCC(C4CCC(CCC)OC4)CC3)CC2)CC1. The molecule has 3 saturated carbocycles. The van der Waals surface area contributed by atoms with Crippen molar-refractivity contribution in [2.75, 3.05) is 20.3 Å². The van der Waals surface area contributed by atoms with Gasteiger partial charge in [-0.25, -0.2) is 0 Å². The summed E-state index contributed by atoms with van der Waals surface area (Å²) in [5.41, 5.74) is 0. The summed E-state index contributed by atoms with van der Waals surface area (Å²) in [7, 11) is 1.25. The normalized spacial score (nSPS) is 36.5. The lowest BCUT2D eigenvalue weighted by Crippen LogP contribution is -2.34. The van der Waals surface area contributed by atoms with Gasteiger partial charge in [-0.3, -0.25) is 0 Å². The molecule has 1 aliphatic heterocycles. The van der Waals surface area contributed by atoms with E-state index in [0.717, 1.165) is 55.0 Å². The van der Waals surface area contributed by atoms with E-state index < -0.39 is 11.7 Å². The minimum atomic E-state index is -1.14. The van der Waals surface area contributed by atoms with Crippen LogP contribution in [-0.4, -0.2) is 26.4 Å². The monoisotopic (exact) mass is 548 g/mol. The summed E-state index contributed by atoms with van der Waals surface area (Å²) in [4.78, 5) is 0. The zero-order valence-corrected chi connectivity index (χ0v) is 24.7. The summed E-state index contributed by atoms with van der Waals surface area (Å²) >= 11 is 0. The first-order valence-electron chi connectivity index (χ1n) is 16.1. The maximum atomic E-state index is 14.1. The summed E-state index contributed by atoms with van der Waals surface area (Å²) in [6, 6.07) is 0. The minimum Gasteiger partial charge on any atom is -0.494 e. The van der Waals surface area contributed by atoms with Crippen molar-refractivity contribution in [3.63, 3.8) is 0 Å². The zero-order chi connectivity index (χ0) is 27.8. The van der Waals surface area contributed by atoms with Gasteiger partial charge in [-0.05, 0) is 138 Å². The standard InChI is InChI=1S/C34H54F2O3/c1-5-6-32-20-19-31(22-39-32)30-17-15-29(16-18-30)28-13-11-27(12-14-28)26-9-7-25(8-10-26)21-38-24(3)34(36)33(35)23(2)37-4/h25-32H,2-3,5-22H2,1,4H3/b34-33-. The largest absolute Gasteiger partial charge is 0.494 e. The Morgan fingerprint density at radius 3 is 1.54 bits per heavy atom. The second kappa shape index (κ2) is 15.0. The van der Waals surface area contributed by atoms with Crippen LogP contribution in [0.25, 0.3) is 0 Å². The summed E-state index contributed by atoms with van der Waals surface area (Å²) in [5.74, 6) is 2.84. The lowest BCUT2D eigenvalue weighted by atomic mass is 9.64. The topological polar surface area (TPSA) is 27.7 Å². The Morgan fingerprint density at radius 1 is 0.667 bits per heavy atom. The summed E-state index contributed by atoms with van der Waals surface area (Å²) in [5, 5.41) is 0. The van der Waals surface area contributed by atoms with Gasteiger partial charge in [0.25, 0.3) is 0 Å². The van der Waals surface area contributed by atoms with E-state index in [1.54, 1.807) is 0 Å². The molecule has 0 amide bonds. The molecular weight excluding hydrogens is 494 g/mol. The molecule has 1 heterocycles. The molecule has 2 unspecified atom stereocenters. The Kier molecular flexibility index (Phi) is 11.8. The number of rotatable bonds is 11. The van der Waals surface area contributed by atoms with E-state index >= 15 is 0 Å². The highest BCUT2D eigenvalue weighted by Crippen LogP contribution is 2.47. The number of allylic oxidation sites excluding steroid dienone is 2. The van der Waals surface area contributed by atoms with Gasteiger partial charge in [0.1, 0.15) is 0 Å². The molecule has 0 N–H and O–H groups in total. The molecule has 1 saturated heterocycles. The van der Waals surface area contributed by atoms with E-state index in [0.29, 0.717) is 18.6 Å². The maximum absolute atomic E-state index is 14.1. The summed E-state index contributed by atoms with van der Waals surface area (Å²) < 4.78 is 44.4. The molecule has 0 aromatic rings. The Hall–Kier alpha value is -1.36. The smallest absolute Gasteiger partial charge is 0.203 e. The molecule has 0 bridgehead atoms. The van der Waals surface area contributed by atoms with Crippen LogP contribution in [0.1, 0.15) is 110 Å². The third-order valence-electron chi connectivity index (χ3n) is 11.0. The van der Waals surface area contributed by atoms with Crippen LogP contribution in [0.15, 0.2) is 36.3 Å². The van der Waals surface area contributed by atoms with E-state index in [-0.39, 0.29) is 11.5 Å². The van der Waals surface area contributed by atoms with Crippen LogP contribution < -0.4 is 0 Å². The van der Waals surface area contributed by atoms with Crippen molar-refractivity contribution in [3.05, 3.63) is 36.3 Å². The Morgan fingerprint density at radius 2 is 1.10 bits per heavy atom. The van der Waals surface area contributed by atoms with E-state index in [4.69, 9.17) is 9.47 Å². The van der Waals surface area contributed by atoms with Crippen molar-refractivity contribution in [1.29, 1.82) is 0 Å². The second-order valence-electron chi connectivity index (χ2n) is 13.2. The van der Waals surface area contributed by atoms with Crippen molar-refractivity contribution >= 4 is 0 Å². The number of methoxy groups -OCH3 is 1. The van der Waals surface area contributed by atoms with Gasteiger partial charge in [0.2, 0.25) is 11.7 Å². The molecule has 222 valence electrons. The molecule has 0 spiro atoms. The highest BCUT2D eigenvalue weighted by molar-refractivity contribution is 5.29. The predicted octanol–water partition coefficient (Wildman–Crippen LogP) is 9.84. The first kappa shape index (κ1) is 30.6. The third kappa shape index (κ3) is 8.33. The third-order valence-corrected chi connectivity index (χ3v) is 11.0. The van der Waals surface area contributed by atoms with Crippen molar-refractivity contribution < 1.29 is 23.0 Å². The fourth-order valence-electron chi connectivity index (χ4n) is 8.37. The Labute approximate surface area is 236 Å². The molecule has 4 fully saturated rings. The Balaban J connectivity index is 1.11. The first-order valence-corrected chi connectivity index (χ1v) is 16.1. The molecule has 3 nitrogen and oxygen atoms in total. The van der Waals surface area contributed by atoms with Gasteiger partial charge in [0.15, 0.2) is 11.5 Å². The zero-order valence-electron chi connectivity index (χ0n) is 24.7. The van der Waals surface area contributed by atoms with Crippen LogP contribution in [0.2, 0.25) is 0 Å². The van der Waals surface area contributed by atoms with Gasteiger partial charge in [-0.2, -0.15) is 8.78 Å². The van der Waals surface area contributed by atoms with Gasteiger partial charge < -0.3 is 14.2 Å². The number of hydrogen-bond donors (Lipinski definition) is 0. The van der Waals surface area contributed by atoms with Gasteiger partial charge >= 0.3 is 0 Å². The number of hydrogen-bond acceptors (Lipinski definition) is 3. The highest BCUT2D eigenvalue weighted by Gasteiger charge is 2.37. The highest BCUT2D eigenvalue weighted by atomic mass is 19.2.